The number of amides is 1. The standard InChI is InChI=1S/C33H41ClN2O5S/c1-2-22-6-3-4-8-30(37)27-12-9-25(27)18-36-20-33(15-5-7-23-16-26(34)11-13-28(23)33)21-41-31-14-10-24(17-29(31)36)32(38)35-42(39,40)19-22/h3-4,10-11,13-14,16-17,22,25,27,30,37H,2,5-9,12,15,18-21H2,1H3,(H,35,38)/b4-3-/t22-,25-,27+,30-,33-/m0/s1. The van der Waals surface area contributed by atoms with Crippen molar-refractivity contribution in [3.05, 3.63) is 70.3 Å². The molecule has 1 saturated carbocycles. The first kappa shape index (κ1) is 29.5. The molecule has 2 bridgehead atoms. The van der Waals surface area contributed by atoms with Crippen LogP contribution in [0.1, 0.15) is 73.4 Å². The van der Waals surface area contributed by atoms with Gasteiger partial charge in [0.15, 0.2) is 0 Å². The van der Waals surface area contributed by atoms with Crippen LogP contribution >= 0.6 is 11.6 Å². The lowest BCUT2D eigenvalue weighted by atomic mass is 9.68. The van der Waals surface area contributed by atoms with Crippen molar-refractivity contribution in [3.8, 4) is 5.75 Å². The molecule has 4 aliphatic rings. The second-order valence-electron chi connectivity index (χ2n) is 12.8. The van der Waals surface area contributed by atoms with Gasteiger partial charge in [-0.05, 0) is 104 Å². The van der Waals surface area contributed by atoms with E-state index in [-0.39, 0.29) is 23.0 Å². The number of halogens is 1. The quantitative estimate of drug-likeness (QED) is 0.405. The molecule has 0 radical (unpaired) electrons. The van der Waals surface area contributed by atoms with E-state index >= 15 is 0 Å². The van der Waals surface area contributed by atoms with Gasteiger partial charge in [-0.15, -0.1) is 0 Å². The zero-order valence-electron chi connectivity index (χ0n) is 24.2. The molecule has 1 fully saturated rings. The molecule has 2 aromatic carbocycles. The minimum absolute atomic E-state index is 0.115. The van der Waals surface area contributed by atoms with E-state index in [4.69, 9.17) is 16.3 Å². The van der Waals surface area contributed by atoms with E-state index in [0.29, 0.717) is 49.6 Å². The van der Waals surface area contributed by atoms with Gasteiger partial charge in [0.1, 0.15) is 5.75 Å². The van der Waals surface area contributed by atoms with Crippen molar-refractivity contribution in [2.45, 2.75) is 69.8 Å². The number of nitrogens with zero attached hydrogens (tertiary/aromatic N) is 1. The summed E-state index contributed by atoms with van der Waals surface area (Å²) in [5, 5.41) is 11.9. The van der Waals surface area contributed by atoms with Crippen LogP contribution in [0, 0.1) is 17.8 Å². The van der Waals surface area contributed by atoms with Crippen LogP contribution in [0.4, 0.5) is 5.69 Å². The molecule has 2 N–H and O–H groups in total. The lowest BCUT2D eigenvalue weighted by Gasteiger charge is -2.45. The molecular weight excluding hydrogens is 572 g/mol. The maximum absolute atomic E-state index is 13.3. The number of carbonyl (C=O) groups excluding carboxylic acids is 1. The Morgan fingerprint density at radius 2 is 1.98 bits per heavy atom. The van der Waals surface area contributed by atoms with Gasteiger partial charge in [-0.25, -0.2) is 13.1 Å². The fourth-order valence-electron chi connectivity index (χ4n) is 7.47. The van der Waals surface area contributed by atoms with Gasteiger partial charge in [-0.2, -0.15) is 0 Å². The maximum atomic E-state index is 13.3. The molecule has 9 heteroatoms. The molecule has 5 atom stereocenters. The topological polar surface area (TPSA) is 95.9 Å². The summed E-state index contributed by atoms with van der Waals surface area (Å²) in [7, 11) is -3.83. The first-order chi connectivity index (χ1) is 20.2. The monoisotopic (exact) mass is 612 g/mol. The number of benzene rings is 2. The third-order valence-electron chi connectivity index (χ3n) is 10.0. The maximum Gasteiger partial charge on any atom is 0.264 e. The average Bonchev–Trinajstić information content (AvgIpc) is 3.08. The Balaban J connectivity index is 1.40. The Kier molecular flexibility index (Phi) is 8.33. The number of fused-ring (bicyclic) bond motifs is 4. The summed E-state index contributed by atoms with van der Waals surface area (Å²) in [6.07, 6.45) is 10.4. The lowest BCUT2D eigenvalue weighted by Crippen LogP contribution is -2.49. The molecule has 7 nitrogen and oxygen atoms in total. The van der Waals surface area contributed by atoms with Crippen molar-refractivity contribution in [2.24, 2.45) is 17.8 Å². The number of hydrogen-bond donors (Lipinski definition) is 2. The first-order valence-electron chi connectivity index (χ1n) is 15.3. The molecule has 1 amide bonds. The molecule has 6 rings (SSSR count). The molecule has 2 aromatic rings. The molecule has 226 valence electrons. The third kappa shape index (κ3) is 5.95. The van der Waals surface area contributed by atoms with Gasteiger partial charge in [0.05, 0.1) is 24.2 Å². The summed E-state index contributed by atoms with van der Waals surface area (Å²) in [5.74, 6) is 0.327. The van der Waals surface area contributed by atoms with Gasteiger partial charge in [0, 0.05) is 29.1 Å². The van der Waals surface area contributed by atoms with Crippen molar-refractivity contribution in [1.29, 1.82) is 0 Å². The van der Waals surface area contributed by atoms with E-state index in [1.807, 2.05) is 25.1 Å². The Hall–Kier alpha value is -2.55. The SMILES string of the molecule is CC[C@H]1C/C=C\C[C@H](O)[C@@H]2CC[C@H]2CN2C[C@@]3(CCCc4cc(Cl)ccc43)COc3ccc(cc32)C(=O)NS(=O)(=O)C1. The summed E-state index contributed by atoms with van der Waals surface area (Å²) >= 11 is 6.39. The van der Waals surface area contributed by atoms with Crippen LogP contribution in [0.3, 0.4) is 0 Å². The van der Waals surface area contributed by atoms with Crippen molar-refractivity contribution in [2.75, 3.05) is 30.3 Å². The summed E-state index contributed by atoms with van der Waals surface area (Å²) < 4.78 is 34.8. The minimum atomic E-state index is -3.83. The van der Waals surface area contributed by atoms with Crippen LogP contribution in [0.15, 0.2) is 48.6 Å². The fourth-order valence-corrected chi connectivity index (χ4v) is 9.14. The molecule has 2 heterocycles. The lowest BCUT2D eigenvalue weighted by molar-refractivity contribution is 0.0177. The number of aliphatic hydroxyl groups is 1. The number of hydrogen-bond acceptors (Lipinski definition) is 6. The number of anilines is 1. The van der Waals surface area contributed by atoms with Gasteiger partial charge in [-0.3, -0.25) is 4.79 Å². The minimum Gasteiger partial charge on any atom is -0.490 e. The summed E-state index contributed by atoms with van der Waals surface area (Å²) in [6.45, 7) is 3.90. The predicted molar refractivity (Wildman–Crippen MR) is 166 cm³/mol. The van der Waals surface area contributed by atoms with Gasteiger partial charge >= 0.3 is 0 Å². The Morgan fingerprint density at radius 1 is 1.14 bits per heavy atom. The number of aryl methyl sites for hydroxylation is 1. The normalized spacial score (nSPS) is 31.8. The van der Waals surface area contributed by atoms with E-state index in [0.717, 1.165) is 49.4 Å². The number of nitrogens with one attached hydrogen (secondary N) is 1. The number of ether oxygens (including phenoxy) is 1. The molecule has 1 spiro atoms. The number of allylic oxidation sites excluding steroid dienone is 1. The highest BCUT2D eigenvalue weighted by molar-refractivity contribution is 7.90. The molecule has 0 aromatic heterocycles. The smallest absolute Gasteiger partial charge is 0.264 e. The number of sulfonamides is 1. The fraction of sp³-hybridized carbons (Fsp3) is 0.545. The van der Waals surface area contributed by atoms with E-state index in [1.54, 1.807) is 18.2 Å². The van der Waals surface area contributed by atoms with Crippen LogP contribution in [0.2, 0.25) is 5.02 Å². The third-order valence-corrected chi connectivity index (χ3v) is 11.7. The highest BCUT2D eigenvalue weighted by Gasteiger charge is 2.44. The molecule has 42 heavy (non-hydrogen) atoms. The summed E-state index contributed by atoms with van der Waals surface area (Å²) in [6, 6.07) is 11.4. The van der Waals surface area contributed by atoms with Gasteiger partial charge in [0.2, 0.25) is 10.0 Å². The number of aliphatic hydroxyl groups excluding tert-OH is 1. The van der Waals surface area contributed by atoms with Crippen molar-refractivity contribution >= 4 is 33.2 Å². The largest absolute Gasteiger partial charge is 0.490 e. The average molecular weight is 613 g/mol. The molecule has 2 aliphatic carbocycles. The Bertz CT molecular complexity index is 1480. The molecular formula is C33H41ClN2O5S. The van der Waals surface area contributed by atoms with Crippen LogP contribution in [0.5, 0.6) is 5.75 Å². The van der Waals surface area contributed by atoms with Crippen LogP contribution in [0.25, 0.3) is 0 Å². The van der Waals surface area contributed by atoms with Gasteiger partial charge < -0.3 is 14.7 Å². The molecule has 0 unspecified atom stereocenters. The highest BCUT2D eigenvalue weighted by Crippen LogP contribution is 2.46. The van der Waals surface area contributed by atoms with E-state index in [2.05, 4.69) is 21.8 Å². The van der Waals surface area contributed by atoms with Crippen LogP contribution in [-0.4, -0.2) is 51.0 Å². The summed E-state index contributed by atoms with van der Waals surface area (Å²) in [4.78, 5) is 15.6. The highest BCUT2D eigenvalue weighted by atomic mass is 35.5. The van der Waals surface area contributed by atoms with Crippen molar-refractivity contribution in [3.63, 3.8) is 0 Å². The van der Waals surface area contributed by atoms with Crippen molar-refractivity contribution in [1.82, 2.24) is 4.72 Å². The number of rotatable bonds is 1. The van der Waals surface area contributed by atoms with Gasteiger partial charge in [0.25, 0.3) is 5.91 Å². The van der Waals surface area contributed by atoms with E-state index < -0.39 is 22.0 Å². The summed E-state index contributed by atoms with van der Waals surface area (Å²) in [5.41, 5.74) is 3.36. The second-order valence-corrected chi connectivity index (χ2v) is 15.0. The Labute approximate surface area is 254 Å². The first-order valence-corrected chi connectivity index (χ1v) is 17.4. The second kappa shape index (κ2) is 11.9. The zero-order valence-corrected chi connectivity index (χ0v) is 25.8. The molecule has 0 saturated heterocycles. The van der Waals surface area contributed by atoms with Crippen LogP contribution < -0.4 is 14.4 Å². The van der Waals surface area contributed by atoms with E-state index in [1.165, 1.54) is 11.1 Å². The Morgan fingerprint density at radius 3 is 2.76 bits per heavy atom. The number of carbonyl (C=O) groups is 1. The van der Waals surface area contributed by atoms with Crippen molar-refractivity contribution < 1.29 is 23.1 Å². The molecule has 2 aliphatic heterocycles. The van der Waals surface area contributed by atoms with E-state index in [9.17, 15) is 18.3 Å². The zero-order chi connectivity index (χ0) is 29.5. The van der Waals surface area contributed by atoms with Crippen LogP contribution in [-0.2, 0) is 21.9 Å². The van der Waals surface area contributed by atoms with Gasteiger partial charge in [-0.1, -0.05) is 43.2 Å². The predicted octanol–water partition coefficient (Wildman–Crippen LogP) is 5.64.